The predicted octanol–water partition coefficient (Wildman–Crippen LogP) is 2.76. The highest BCUT2D eigenvalue weighted by Gasteiger charge is 2.16. The van der Waals surface area contributed by atoms with Crippen molar-refractivity contribution >= 4 is 5.69 Å². The fraction of sp³-hybridized carbons (Fsp3) is 0.533. The molecule has 6 nitrogen and oxygen atoms in total. The fourth-order valence-electron chi connectivity index (χ4n) is 2.23. The number of rotatable bonds is 7. The maximum atomic E-state index is 6.00. The summed E-state index contributed by atoms with van der Waals surface area (Å²) in [5, 5.41) is 12.0. The van der Waals surface area contributed by atoms with E-state index in [2.05, 4.69) is 29.4 Å². The molecule has 1 aromatic carbocycles. The van der Waals surface area contributed by atoms with E-state index in [-0.39, 0.29) is 0 Å². The summed E-state index contributed by atoms with van der Waals surface area (Å²) in [4.78, 5) is 0. The number of hydrogen-bond acceptors (Lipinski definition) is 5. The molecule has 6 heteroatoms. The Morgan fingerprint density at radius 3 is 2.86 bits per heavy atom. The zero-order valence-corrected chi connectivity index (χ0v) is 12.9. The van der Waals surface area contributed by atoms with Gasteiger partial charge < -0.3 is 10.5 Å². The molecule has 0 spiro atoms. The lowest BCUT2D eigenvalue weighted by atomic mass is 10.1. The second-order valence-corrected chi connectivity index (χ2v) is 5.42. The number of tetrazole rings is 1. The molecule has 0 atom stereocenters. The quantitative estimate of drug-likeness (QED) is 0.793. The molecule has 2 N–H and O–H groups in total. The number of benzene rings is 1. The van der Waals surface area contributed by atoms with Crippen molar-refractivity contribution in [2.24, 2.45) is 5.92 Å². The van der Waals surface area contributed by atoms with Gasteiger partial charge in [-0.2, -0.15) is 0 Å². The first-order chi connectivity index (χ1) is 10.1. The number of anilines is 1. The van der Waals surface area contributed by atoms with Gasteiger partial charge in [-0.3, -0.25) is 0 Å². The molecule has 2 rings (SSSR count). The molecule has 0 fully saturated rings. The highest BCUT2D eigenvalue weighted by molar-refractivity contribution is 5.73. The summed E-state index contributed by atoms with van der Waals surface area (Å²) in [5.41, 5.74) is 7.44. The lowest BCUT2D eigenvalue weighted by Gasteiger charge is -2.12. The van der Waals surface area contributed by atoms with Crippen LogP contribution in [0.3, 0.4) is 0 Å². The Labute approximate surface area is 125 Å². The van der Waals surface area contributed by atoms with E-state index in [0.717, 1.165) is 24.9 Å². The summed E-state index contributed by atoms with van der Waals surface area (Å²) in [5.74, 6) is 2.03. The van der Waals surface area contributed by atoms with E-state index in [1.165, 1.54) is 0 Å². The van der Waals surface area contributed by atoms with Gasteiger partial charge in [0.2, 0.25) is 0 Å². The van der Waals surface area contributed by atoms with Crippen molar-refractivity contribution in [1.29, 1.82) is 0 Å². The molecular weight excluding hydrogens is 266 g/mol. The second kappa shape index (κ2) is 7.06. The number of para-hydroxylation sites is 1. The van der Waals surface area contributed by atoms with E-state index in [0.29, 0.717) is 29.8 Å². The Morgan fingerprint density at radius 1 is 1.33 bits per heavy atom. The van der Waals surface area contributed by atoms with Crippen molar-refractivity contribution in [1.82, 2.24) is 20.2 Å². The largest absolute Gasteiger partial charge is 0.491 e. The van der Waals surface area contributed by atoms with Gasteiger partial charge in [0.15, 0.2) is 11.6 Å². The van der Waals surface area contributed by atoms with Crippen LogP contribution in [0.2, 0.25) is 0 Å². The minimum Gasteiger partial charge on any atom is -0.491 e. The van der Waals surface area contributed by atoms with Crippen LogP contribution in [0.4, 0.5) is 5.69 Å². The molecule has 1 heterocycles. The Bertz CT molecular complexity index is 579. The van der Waals surface area contributed by atoms with E-state index in [4.69, 9.17) is 10.5 Å². The monoisotopic (exact) mass is 289 g/mol. The molecule has 0 saturated carbocycles. The first-order valence-electron chi connectivity index (χ1n) is 7.41. The number of nitrogens with two attached hydrogens (primary N) is 1. The van der Waals surface area contributed by atoms with Gasteiger partial charge in [-0.1, -0.05) is 19.9 Å². The average molecular weight is 289 g/mol. The zero-order chi connectivity index (χ0) is 15.2. The van der Waals surface area contributed by atoms with Crippen molar-refractivity contribution < 1.29 is 4.74 Å². The fourth-order valence-corrected chi connectivity index (χ4v) is 2.23. The van der Waals surface area contributed by atoms with E-state index < -0.39 is 0 Å². The van der Waals surface area contributed by atoms with Gasteiger partial charge in [-0.15, -0.1) is 5.10 Å². The second-order valence-electron chi connectivity index (χ2n) is 5.42. The van der Waals surface area contributed by atoms with Crippen LogP contribution >= 0.6 is 0 Å². The van der Waals surface area contributed by atoms with Crippen LogP contribution in [0.5, 0.6) is 5.75 Å². The van der Waals surface area contributed by atoms with Gasteiger partial charge in [-0.25, -0.2) is 4.68 Å². The molecule has 21 heavy (non-hydrogen) atoms. The minimum absolute atomic E-state index is 0.552. The Hall–Kier alpha value is -2.11. The first-order valence-corrected chi connectivity index (χ1v) is 7.41. The molecule has 0 unspecified atom stereocenters. The van der Waals surface area contributed by atoms with Crippen LogP contribution in [-0.2, 0) is 6.54 Å². The standard InChI is InChI=1S/C15H23N5O/c1-4-21-14-12(8-5-9-13(14)16)15-17-18-19-20(15)10-6-7-11(2)3/h5,8-9,11H,4,6-7,10,16H2,1-3H3. The Kier molecular flexibility index (Phi) is 5.14. The summed E-state index contributed by atoms with van der Waals surface area (Å²) in [6.45, 7) is 7.70. The van der Waals surface area contributed by atoms with Gasteiger partial charge in [0.05, 0.1) is 17.9 Å². The number of ether oxygens (including phenoxy) is 1. The lowest BCUT2D eigenvalue weighted by molar-refractivity contribution is 0.343. The Morgan fingerprint density at radius 2 is 2.14 bits per heavy atom. The van der Waals surface area contributed by atoms with Crippen molar-refractivity contribution in [3.63, 3.8) is 0 Å². The highest BCUT2D eigenvalue weighted by Crippen LogP contribution is 2.33. The molecule has 0 aliphatic carbocycles. The van der Waals surface area contributed by atoms with Crippen LogP contribution < -0.4 is 10.5 Å². The summed E-state index contributed by atoms with van der Waals surface area (Å²) in [6, 6.07) is 5.65. The third-order valence-electron chi connectivity index (χ3n) is 3.26. The molecule has 0 bridgehead atoms. The van der Waals surface area contributed by atoms with Crippen molar-refractivity contribution in [3.8, 4) is 17.1 Å². The molecule has 0 amide bonds. The van der Waals surface area contributed by atoms with E-state index in [1.807, 2.05) is 29.8 Å². The highest BCUT2D eigenvalue weighted by atomic mass is 16.5. The van der Waals surface area contributed by atoms with Gasteiger partial charge in [0.25, 0.3) is 0 Å². The Balaban J connectivity index is 2.26. The lowest BCUT2D eigenvalue weighted by Crippen LogP contribution is -2.06. The number of hydrogen-bond donors (Lipinski definition) is 1. The summed E-state index contributed by atoms with van der Waals surface area (Å²) < 4.78 is 7.47. The maximum absolute atomic E-state index is 6.00. The van der Waals surface area contributed by atoms with Gasteiger partial charge >= 0.3 is 0 Å². The predicted molar refractivity (Wildman–Crippen MR) is 82.9 cm³/mol. The zero-order valence-electron chi connectivity index (χ0n) is 12.9. The average Bonchev–Trinajstić information content (AvgIpc) is 2.89. The number of aryl methyl sites for hydroxylation is 1. The first kappa shape index (κ1) is 15.3. The van der Waals surface area contributed by atoms with Gasteiger partial charge in [-0.05, 0) is 48.2 Å². The van der Waals surface area contributed by atoms with Crippen molar-refractivity contribution in [2.45, 2.75) is 40.2 Å². The molecule has 1 aromatic heterocycles. The third-order valence-corrected chi connectivity index (χ3v) is 3.26. The van der Waals surface area contributed by atoms with E-state index in [1.54, 1.807) is 0 Å². The summed E-state index contributed by atoms with van der Waals surface area (Å²) >= 11 is 0. The molecular formula is C15H23N5O. The smallest absolute Gasteiger partial charge is 0.185 e. The van der Waals surface area contributed by atoms with Crippen LogP contribution in [0, 0.1) is 5.92 Å². The van der Waals surface area contributed by atoms with Gasteiger partial charge in [0, 0.05) is 6.54 Å². The molecule has 2 aromatic rings. The molecule has 0 aliphatic heterocycles. The number of nitrogen functional groups attached to an aromatic ring is 1. The SMILES string of the molecule is CCOc1c(N)cccc1-c1nnnn1CCCC(C)C. The normalized spacial score (nSPS) is 11.0. The van der Waals surface area contributed by atoms with Gasteiger partial charge in [0.1, 0.15) is 0 Å². The van der Waals surface area contributed by atoms with E-state index in [9.17, 15) is 0 Å². The third kappa shape index (κ3) is 3.71. The molecule has 0 radical (unpaired) electrons. The van der Waals surface area contributed by atoms with Crippen LogP contribution in [0.1, 0.15) is 33.6 Å². The molecule has 0 saturated heterocycles. The molecule has 0 aliphatic rings. The summed E-state index contributed by atoms with van der Waals surface area (Å²) in [7, 11) is 0. The minimum atomic E-state index is 0.552. The van der Waals surface area contributed by atoms with Crippen LogP contribution in [0.15, 0.2) is 18.2 Å². The summed E-state index contributed by atoms with van der Waals surface area (Å²) in [6.07, 6.45) is 2.19. The maximum Gasteiger partial charge on any atom is 0.185 e. The number of aromatic nitrogens is 4. The number of nitrogens with zero attached hydrogens (tertiary/aromatic N) is 4. The van der Waals surface area contributed by atoms with Crippen molar-refractivity contribution in [3.05, 3.63) is 18.2 Å². The molecule has 114 valence electrons. The van der Waals surface area contributed by atoms with Crippen LogP contribution in [0.25, 0.3) is 11.4 Å². The van der Waals surface area contributed by atoms with Crippen molar-refractivity contribution in [2.75, 3.05) is 12.3 Å². The topological polar surface area (TPSA) is 78.8 Å². The van der Waals surface area contributed by atoms with Crippen LogP contribution in [-0.4, -0.2) is 26.8 Å². The van der Waals surface area contributed by atoms with E-state index >= 15 is 0 Å².